The second kappa shape index (κ2) is 5.45. The third-order valence-corrected chi connectivity index (χ3v) is 3.11. The number of aromatic nitrogens is 1. The fourth-order valence-corrected chi connectivity index (χ4v) is 2.01. The number of thiophene rings is 1. The van der Waals surface area contributed by atoms with Crippen molar-refractivity contribution in [3.63, 3.8) is 0 Å². The van der Waals surface area contributed by atoms with E-state index in [0.717, 1.165) is 10.6 Å². The molecule has 0 spiro atoms. The van der Waals surface area contributed by atoms with E-state index in [1.165, 1.54) is 0 Å². The van der Waals surface area contributed by atoms with Crippen LogP contribution in [0.1, 0.15) is 10.6 Å². The summed E-state index contributed by atoms with van der Waals surface area (Å²) in [5.74, 6) is -0.0318. The molecule has 0 saturated heterocycles. The lowest BCUT2D eigenvalue weighted by atomic mass is 10.2. The van der Waals surface area contributed by atoms with Gasteiger partial charge in [-0.15, -0.1) is 11.3 Å². The molecule has 3 N–H and O–H groups in total. The summed E-state index contributed by atoms with van der Waals surface area (Å²) in [6.07, 6.45) is 1.84. The zero-order valence-corrected chi connectivity index (χ0v) is 10.0. The zero-order valence-electron chi connectivity index (χ0n) is 9.22. The fourth-order valence-electron chi connectivity index (χ4n) is 1.37. The molecule has 4 nitrogen and oxygen atoms in total. The molecule has 88 valence electrons. The first-order valence-corrected chi connectivity index (χ1v) is 6.11. The average molecular weight is 247 g/mol. The number of anilines is 1. The summed E-state index contributed by atoms with van der Waals surface area (Å²) in [7, 11) is 0. The summed E-state index contributed by atoms with van der Waals surface area (Å²) in [6, 6.07) is 7.47. The second-order valence-corrected chi connectivity index (χ2v) is 4.65. The van der Waals surface area contributed by atoms with Crippen molar-refractivity contribution in [2.45, 2.75) is 13.0 Å². The number of nitrogens with one attached hydrogen (secondary N) is 1. The molecule has 0 bridgehead atoms. The van der Waals surface area contributed by atoms with Crippen molar-refractivity contribution >= 4 is 22.9 Å². The number of nitrogen functional groups attached to an aromatic ring is 1. The van der Waals surface area contributed by atoms with E-state index in [1.54, 1.807) is 29.7 Å². The van der Waals surface area contributed by atoms with Gasteiger partial charge in [-0.05, 0) is 23.6 Å². The van der Waals surface area contributed by atoms with Crippen molar-refractivity contribution in [1.29, 1.82) is 0 Å². The molecular formula is C12H13N3OS. The monoisotopic (exact) mass is 247 g/mol. The van der Waals surface area contributed by atoms with Crippen molar-refractivity contribution < 1.29 is 4.79 Å². The first kappa shape index (κ1) is 11.6. The quantitative estimate of drug-likeness (QED) is 0.862. The standard InChI is InChI=1S/C12H13N3OS/c13-9-3-4-10(14-7-9)6-12(16)15-8-11-2-1-5-17-11/h1-5,7H,6,8,13H2,(H,15,16). The summed E-state index contributed by atoms with van der Waals surface area (Å²) in [6.45, 7) is 0.575. The molecule has 0 aromatic carbocycles. The lowest BCUT2D eigenvalue weighted by molar-refractivity contribution is -0.120. The number of hydrogen-bond acceptors (Lipinski definition) is 4. The predicted molar refractivity (Wildman–Crippen MR) is 68.5 cm³/mol. The van der Waals surface area contributed by atoms with Crippen molar-refractivity contribution in [3.8, 4) is 0 Å². The van der Waals surface area contributed by atoms with Crippen LogP contribution in [0.4, 0.5) is 5.69 Å². The Morgan fingerprint density at radius 1 is 1.41 bits per heavy atom. The number of amides is 1. The second-order valence-electron chi connectivity index (χ2n) is 3.62. The van der Waals surface area contributed by atoms with E-state index in [2.05, 4.69) is 10.3 Å². The van der Waals surface area contributed by atoms with Gasteiger partial charge in [-0.2, -0.15) is 0 Å². The molecule has 17 heavy (non-hydrogen) atoms. The highest BCUT2D eigenvalue weighted by Crippen LogP contribution is 2.07. The third kappa shape index (κ3) is 3.57. The van der Waals surface area contributed by atoms with Crippen LogP contribution < -0.4 is 11.1 Å². The molecule has 2 heterocycles. The van der Waals surface area contributed by atoms with Gasteiger partial charge in [0.25, 0.3) is 0 Å². The van der Waals surface area contributed by atoms with Gasteiger partial charge in [0.05, 0.1) is 24.8 Å². The van der Waals surface area contributed by atoms with Crippen molar-refractivity contribution in [2.24, 2.45) is 0 Å². The van der Waals surface area contributed by atoms with Crippen LogP contribution in [0.2, 0.25) is 0 Å². The summed E-state index contributed by atoms with van der Waals surface area (Å²) in [4.78, 5) is 16.8. The third-order valence-electron chi connectivity index (χ3n) is 2.23. The van der Waals surface area contributed by atoms with Gasteiger partial charge in [0.15, 0.2) is 0 Å². The van der Waals surface area contributed by atoms with E-state index in [9.17, 15) is 4.79 Å². The fraction of sp³-hybridized carbons (Fsp3) is 0.167. The molecule has 0 aliphatic rings. The van der Waals surface area contributed by atoms with Gasteiger partial charge in [-0.25, -0.2) is 0 Å². The molecule has 2 rings (SSSR count). The van der Waals surface area contributed by atoms with Gasteiger partial charge in [-0.1, -0.05) is 6.07 Å². The van der Waals surface area contributed by atoms with Crippen molar-refractivity contribution in [1.82, 2.24) is 10.3 Å². The van der Waals surface area contributed by atoms with Crippen LogP contribution in [-0.2, 0) is 17.8 Å². The highest BCUT2D eigenvalue weighted by Gasteiger charge is 2.04. The lowest BCUT2D eigenvalue weighted by Crippen LogP contribution is -2.24. The van der Waals surface area contributed by atoms with Crippen molar-refractivity contribution in [3.05, 3.63) is 46.4 Å². The molecule has 0 atom stereocenters. The Bertz CT molecular complexity index is 479. The largest absolute Gasteiger partial charge is 0.397 e. The maximum absolute atomic E-state index is 11.6. The molecule has 1 amide bonds. The van der Waals surface area contributed by atoms with E-state index in [4.69, 9.17) is 5.73 Å². The van der Waals surface area contributed by atoms with Crippen LogP contribution in [0, 0.1) is 0 Å². The molecule has 2 aromatic heterocycles. The zero-order chi connectivity index (χ0) is 12.1. The van der Waals surface area contributed by atoms with Gasteiger partial charge in [0, 0.05) is 10.6 Å². The van der Waals surface area contributed by atoms with E-state index >= 15 is 0 Å². The summed E-state index contributed by atoms with van der Waals surface area (Å²) >= 11 is 1.63. The Morgan fingerprint density at radius 3 is 2.94 bits per heavy atom. The van der Waals surface area contributed by atoms with Gasteiger partial charge < -0.3 is 11.1 Å². The van der Waals surface area contributed by atoms with Crippen LogP contribution in [-0.4, -0.2) is 10.9 Å². The predicted octanol–water partition coefficient (Wildman–Crippen LogP) is 1.58. The highest BCUT2D eigenvalue weighted by molar-refractivity contribution is 7.09. The van der Waals surface area contributed by atoms with Crippen LogP contribution in [0.3, 0.4) is 0 Å². The number of rotatable bonds is 4. The molecule has 0 saturated carbocycles. The van der Waals surface area contributed by atoms with E-state index in [-0.39, 0.29) is 12.3 Å². The van der Waals surface area contributed by atoms with Crippen LogP contribution in [0.25, 0.3) is 0 Å². The maximum Gasteiger partial charge on any atom is 0.226 e. The minimum Gasteiger partial charge on any atom is -0.397 e. The Morgan fingerprint density at radius 2 is 2.29 bits per heavy atom. The van der Waals surface area contributed by atoms with E-state index in [0.29, 0.717) is 12.2 Å². The molecular weight excluding hydrogens is 234 g/mol. The SMILES string of the molecule is Nc1ccc(CC(=O)NCc2cccs2)nc1. The summed E-state index contributed by atoms with van der Waals surface area (Å²) in [5, 5.41) is 4.84. The Hall–Kier alpha value is -1.88. The number of nitrogens with two attached hydrogens (primary N) is 1. The topological polar surface area (TPSA) is 68.0 Å². The number of pyridine rings is 1. The first-order chi connectivity index (χ1) is 8.24. The summed E-state index contributed by atoms with van der Waals surface area (Å²) in [5.41, 5.74) is 6.85. The molecule has 0 radical (unpaired) electrons. The van der Waals surface area contributed by atoms with E-state index in [1.807, 2.05) is 17.5 Å². The minimum atomic E-state index is -0.0318. The van der Waals surface area contributed by atoms with Crippen molar-refractivity contribution in [2.75, 3.05) is 5.73 Å². The Kier molecular flexibility index (Phi) is 3.72. The molecule has 2 aromatic rings. The molecule has 0 unspecified atom stereocenters. The maximum atomic E-state index is 11.6. The Balaban J connectivity index is 1.83. The number of carbonyl (C=O) groups is 1. The number of hydrogen-bond donors (Lipinski definition) is 2. The van der Waals surface area contributed by atoms with Gasteiger partial charge in [-0.3, -0.25) is 9.78 Å². The smallest absolute Gasteiger partial charge is 0.226 e. The lowest BCUT2D eigenvalue weighted by Gasteiger charge is -2.03. The van der Waals surface area contributed by atoms with Crippen LogP contribution in [0.5, 0.6) is 0 Å². The molecule has 0 fully saturated rings. The van der Waals surface area contributed by atoms with Crippen LogP contribution in [0.15, 0.2) is 35.8 Å². The molecule has 0 aliphatic heterocycles. The Labute approximate surface area is 103 Å². The molecule has 5 heteroatoms. The highest BCUT2D eigenvalue weighted by atomic mass is 32.1. The van der Waals surface area contributed by atoms with Gasteiger partial charge in [0.2, 0.25) is 5.91 Å². The summed E-state index contributed by atoms with van der Waals surface area (Å²) < 4.78 is 0. The normalized spacial score (nSPS) is 10.1. The average Bonchev–Trinajstić information content (AvgIpc) is 2.83. The van der Waals surface area contributed by atoms with E-state index < -0.39 is 0 Å². The number of carbonyl (C=O) groups excluding carboxylic acids is 1. The van der Waals surface area contributed by atoms with Gasteiger partial charge in [0.1, 0.15) is 0 Å². The minimum absolute atomic E-state index is 0.0318. The van der Waals surface area contributed by atoms with Crippen LogP contribution >= 0.6 is 11.3 Å². The molecule has 0 aliphatic carbocycles. The number of nitrogens with zero attached hydrogens (tertiary/aromatic N) is 1. The first-order valence-electron chi connectivity index (χ1n) is 5.23. The van der Waals surface area contributed by atoms with Gasteiger partial charge >= 0.3 is 0 Å².